The van der Waals surface area contributed by atoms with Crippen LogP contribution in [-0.4, -0.2) is 71.3 Å². The summed E-state index contributed by atoms with van der Waals surface area (Å²) in [6, 6.07) is 2.08. The Morgan fingerprint density at radius 1 is 1.37 bits per heavy atom. The van der Waals surface area contributed by atoms with E-state index in [-0.39, 0.29) is 25.1 Å². The number of nitriles is 1. The number of nitrogens with zero attached hydrogens (tertiary/aromatic N) is 3. The fraction of sp³-hybridized carbons (Fsp3) is 0.682. The zero-order valence-electron chi connectivity index (χ0n) is 25.4. The molecular formula is C22H35N4O11P4+. The van der Waals surface area contributed by atoms with E-state index in [4.69, 9.17) is 30.8 Å². The Morgan fingerprint density at radius 3 is 2.59 bits per heavy atom. The molecule has 228 valence electrons. The fourth-order valence-corrected chi connectivity index (χ4v) is 8.66. The van der Waals surface area contributed by atoms with Crippen molar-refractivity contribution in [2.45, 2.75) is 70.7 Å². The molecule has 0 aliphatic carbocycles. The highest BCUT2D eigenvalue weighted by atomic mass is 31.2. The second kappa shape index (κ2) is 17.0. The summed E-state index contributed by atoms with van der Waals surface area (Å²) in [7, 11) is -8.61. The summed E-state index contributed by atoms with van der Waals surface area (Å²) in [5.41, 5.74) is -1.53. The van der Waals surface area contributed by atoms with Crippen molar-refractivity contribution in [2.75, 3.05) is 26.7 Å². The summed E-state index contributed by atoms with van der Waals surface area (Å²) in [5.74, 6) is -0.955. The van der Waals surface area contributed by atoms with Gasteiger partial charge in [0.25, 0.3) is 14.1 Å². The molecule has 1 aliphatic rings. The minimum atomic E-state index is -4.48. The monoisotopic (exact) mass is 657 g/mol. The molecule has 1 aliphatic heterocycles. The van der Waals surface area contributed by atoms with E-state index in [0.29, 0.717) is 0 Å². The Balaban J connectivity index is 2.74. The lowest BCUT2D eigenvalue weighted by atomic mass is 10.1. The van der Waals surface area contributed by atoms with Gasteiger partial charge < -0.3 is 18.5 Å². The molecular weight excluding hydrogens is 620 g/mol. The number of hydrogen-bond donors (Lipinski definition) is 1. The molecule has 0 saturated carbocycles. The average Bonchev–Trinajstić information content (AvgIpc) is 3.27. The third kappa shape index (κ3) is 10.3. The predicted molar refractivity (Wildman–Crippen MR) is 151 cm³/mol. The van der Waals surface area contributed by atoms with Gasteiger partial charge in [0.15, 0.2) is 12.9 Å². The van der Waals surface area contributed by atoms with E-state index >= 15 is 0 Å². The molecule has 19 heteroatoms. The summed E-state index contributed by atoms with van der Waals surface area (Å²) in [6.45, 7) is 8.69. The van der Waals surface area contributed by atoms with Gasteiger partial charge in [0.2, 0.25) is 0 Å². The van der Waals surface area contributed by atoms with E-state index in [1.165, 1.54) is 7.11 Å². The van der Waals surface area contributed by atoms with Crippen LogP contribution in [0.2, 0.25) is 0 Å². The minimum Gasteiger partial charge on any atom is -0.374 e. The lowest BCUT2D eigenvalue weighted by molar-refractivity contribution is -0.0482. The molecule has 2 rings (SSSR count). The maximum absolute atomic E-state index is 13.5. The molecule has 0 amide bonds. The second-order valence-corrected chi connectivity index (χ2v) is 14.2. The molecule has 7 atom stereocenters. The summed E-state index contributed by atoms with van der Waals surface area (Å²) in [4.78, 5) is 26.5. The van der Waals surface area contributed by atoms with Gasteiger partial charge in [-0.15, -0.1) is 0 Å². The van der Waals surface area contributed by atoms with Crippen LogP contribution in [0, 0.1) is 11.3 Å². The van der Waals surface area contributed by atoms with Crippen LogP contribution in [0.3, 0.4) is 0 Å². The number of H-pyrrole nitrogens is 1. The summed E-state index contributed by atoms with van der Waals surface area (Å²) in [6.07, 6.45) is -5.05. The third-order valence-corrected chi connectivity index (χ3v) is 10.8. The van der Waals surface area contributed by atoms with Gasteiger partial charge in [-0.2, -0.15) is 5.26 Å². The van der Waals surface area contributed by atoms with E-state index in [9.17, 15) is 23.3 Å². The maximum atomic E-state index is 13.5. The maximum Gasteiger partial charge on any atom is 0.511 e. The van der Waals surface area contributed by atoms with Crippen molar-refractivity contribution in [2.24, 2.45) is 0 Å². The van der Waals surface area contributed by atoms with Gasteiger partial charge in [0.1, 0.15) is 24.7 Å². The highest BCUT2D eigenvalue weighted by Crippen LogP contribution is 2.56. The van der Waals surface area contributed by atoms with E-state index in [1.54, 1.807) is 0 Å². The molecule has 1 aromatic heterocycles. The highest BCUT2D eigenvalue weighted by Gasteiger charge is 2.49. The van der Waals surface area contributed by atoms with Gasteiger partial charge in [-0.25, -0.2) is 14.0 Å². The van der Waals surface area contributed by atoms with Crippen LogP contribution in [0.5, 0.6) is 0 Å². The molecule has 4 unspecified atom stereocenters. The van der Waals surface area contributed by atoms with Gasteiger partial charge in [-0.3, -0.25) is 23.4 Å². The van der Waals surface area contributed by atoms with Crippen molar-refractivity contribution in [1.82, 2.24) is 14.2 Å². The topological polar surface area (TPSA) is 188 Å². The van der Waals surface area contributed by atoms with Crippen LogP contribution in [0.1, 0.15) is 43.1 Å². The summed E-state index contributed by atoms with van der Waals surface area (Å²) in [5, 5.41) is 9.07. The van der Waals surface area contributed by atoms with Crippen molar-refractivity contribution < 1.29 is 43.8 Å². The Morgan fingerprint density at radius 2 is 2.05 bits per heavy atom. The molecule has 0 radical (unpaired) electrons. The number of hydrogen-bond acceptors (Lipinski definition) is 13. The standard InChI is InChI=1S/C22H34N4O11P4/c1-15(2)26(16(3)4)40(34-12-7-10-23)36-19-17(9-13-41(31,14-33-38-29)37-39(6)30)35-21(20(19)32-5)25-11-8-18(27)24-22(25)28/h8-9,11,13,15-17,19-21H,7,12,14H2,1-6H3/p+1/b13-9+/t17-,19+,20?,21-,40?,41?/m1/s1/i9D,13D. The molecule has 1 saturated heterocycles. The zero-order chi connectivity index (χ0) is 32.5. The van der Waals surface area contributed by atoms with Crippen molar-refractivity contribution in [3.8, 4) is 6.07 Å². The SMILES string of the molecule is [2H]/C(=C(/[2H])P(=O)(COP=O)O[P+](C)=O)[C@H]1O[C@@H](n2ccc(=O)[nH]c2=O)C(OC)[C@H]1OP(OCCC#N)N(C(C)C)C(C)C. The van der Waals surface area contributed by atoms with Crippen LogP contribution in [0.25, 0.3) is 0 Å². The van der Waals surface area contributed by atoms with Crippen molar-refractivity contribution in [1.29, 1.82) is 5.26 Å². The molecule has 2 heterocycles. The van der Waals surface area contributed by atoms with E-state index in [2.05, 4.69) is 9.51 Å². The highest BCUT2D eigenvalue weighted by molar-refractivity contribution is 7.68. The normalized spacial score (nSPS) is 25.0. The summed E-state index contributed by atoms with van der Waals surface area (Å²) >= 11 is 0. The third-order valence-electron chi connectivity index (χ3n) is 5.37. The molecule has 1 fully saturated rings. The number of aromatic amines is 1. The smallest absolute Gasteiger partial charge is 0.374 e. The lowest BCUT2D eigenvalue weighted by Gasteiger charge is -2.38. The Kier molecular flexibility index (Phi) is 13.4. The fourth-order valence-electron chi connectivity index (χ4n) is 3.90. The largest absolute Gasteiger partial charge is 0.511 e. The van der Waals surface area contributed by atoms with Crippen LogP contribution in [-0.2, 0) is 41.1 Å². The van der Waals surface area contributed by atoms with Gasteiger partial charge in [0.05, 0.1) is 21.8 Å². The minimum absolute atomic E-state index is 0.00244. The first-order valence-electron chi connectivity index (χ1n) is 13.3. The van der Waals surface area contributed by atoms with Crippen LogP contribution in [0.15, 0.2) is 33.7 Å². The first kappa shape index (κ1) is 32.4. The quantitative estimate of drug-likeness (QED) is 0.183. The Bertz CT molecular complexity index is 1360. The van der Waals surface area contributed by atoms with Gasteiger partial charge in [0, 0.05) is 37.2 Å². The van der Waals surface area contributed by atoms with E-state index in [0.717, 1.165) is 23.5 Å². The first-order chi connectivity index (χ1) is 20.2. The number of rotatable bonds is 17. The molecule has 0 aromatic carbocycles. The van der Waals surface area contributed by atoms with Crippen LogP contribution < -0.4 is 11.2 Å². The molecule has 41 heavy (non-hydrogen) atoms. The van der Waals surface area contributed by atoms with Crippen LogP contribution in [0.4, 0.5) is 0 Å². The van der Waals surface area contributed by atoms with Crippen molar-refractivity contribution in [3.05, 3.63) is 44.9 Å². The average molecular weight is 657 g/mol. The Labute approximate surface area is 244 Å². The molecule has 1 N–H and O–H groups in total. The van der Waals surface area contributed by atoms with Gasteiger partial charge >= 0.3 is 29.8 Å². The molecule has 15 nitrogen and oxygen atoms in total. The molecule has 0 bridgehead atoms. The van der Waals surface area contributed by atoms with Gasteiger partial charge in [-0.05, 0) is 38.3 Å². The number of nitrogens with one attached hydrogen (secondary N) is 1. The first-order valence-corrected chi connectivity index (χ1v) is 17.6. The van der Waals surface area contributed by atoms with Gasteiger partial charge in [-0.1, -0.05) is 4.31 Å². The summed E-state index contributed by atoms with van der Waals surface area (Å²) < 4.78 is 90.5. The van der Waals surface area contributed by atoms with Crippen molar-refractivity contribution >= 4 is 32.6 Å². The van der Waals surface area contributed by atoms with Crippen LogP contribution >= 0.6 is 32.6 Å². The Hall–Kier alpha value is -1.51. The van der Waals surface area contributed by atoms with Crippen molar-refractivity contribution in [3.63, 3.8) is 0 Å². The molecule has 1 aromatic rings. The number of methoxy groups -OCH3 is 1. The van der Waals surface area contributed by atoms with E-state index in [1.807, 2.05) is 38.4 Å². The number of aromatic nitrogens is 2. The zero-order valence-corrected chi connectivity index (χ0v) is 26.9. The second-order valence-electron chi connectivity index (χ2n) is 9.07. The lowest BCUT2D eigenvalue weighted by Crippen LogP contribution is -2.41. The predicted octanol–water partition coefficient (Wildman–Crippen LogP) is 4.47. The number of ether oxygens (including phenoxy) is 2. The molecule has 0 spiro atoms. The van der Waals surface area contributed by atoms with E-state index < -0.39 is 86.6 Å².